The normalized spacial score (nSPS) is 8.36. The summed E-state index contributed by atoms with van der Waals surface area (Å²) in [5, 5.41) is 0. The fourth-order valence-electron chi connectivity index (χ4n) is 0.595. The number of pyridine rings is 1. The van der Waals surface area contributed by atoms with Gasteiger partial charge in [0.1, 0.15) is 0 Å². The van der Waals surface area contributed by atoms with Crippen molar-refractivity contribution >= 4 is 12.0 Å². The van der Waals surface area contributed by atoms with Crippen LogP contribution in [-0.4, -0.2) is 17.0 Å². The Hall–Kier alpha value is -1.80. The minimum atomic E-state index is -0.618. The third-order valence-corrected chi connectivity index (χ3v) is 1.06. The van der Waals surface area contributed by atoms with E-state index < -0.39 is 5.91 Å². The van der Waals surface area contributed by atoms with E-state index in [4.69, 9.17) is 0 Å². The van der Waals surface area contributed by atoms with Gasteiger partial charge in [0.25, 0.3) is 5.91 Å². The molecule has 4 nitrogen and oxygen atoms in total. The molecule has 4 heteroatoms. The Kier molecular flexibility index (Phi) is 2.25. The van der Waals surface area contributed by atoms with Gasteiger partial charge >= 0.3 is 0 Å². The molecule has 1 amide bonds. The lowest BCUT2D eigenvalue weighted by atomic mass is 10.4. The van der Waals surface area contributed by atoms with Gasteiger partial charge < -0.3 is 0 Å². The van der Waals surface area contributed by atoms with Crippen LogP contribution >= 0.6 is 0 Å². The second kappa shape index (κ2) is 3.39. The average Bonchev–Trinajstić information content (AvgIpc) is 2.07. The first-order chi connectivity index (χ1) is 5.34. The quantitative estimate of drug-likeness (QED) is 0.436. The van der Waals surface area contributed by atoms with Gasteiger partial charge in [0.2, 0.25) is 6.08 Å². The molecule has 0 aliphatic rings. The predicted molar refractivity (Wildman–Crippen MR) is 36.7 cm³/mol. The first-order valence-corrected chi connectivity index (χ1v) is 2.87. The number of carbonyl (C=O) groups excluding carboxylic acids is 2. The van der Waals surface area contributed by atoms with Crippen LogP contribution in [0.3, 0.4) is 0 Å². The van der Waals surface area contributed by atoms with Gasteiger partial charge in [-0.2, -0.15) is 0 Å². The number of isocyanates is 1. The number of nitrogens with zero attached hydrogens (tertiary/aromatic N) is 2. The summed E-state index contributed by atoms with van der Waals surface area (Å²) in [5.74, 6) is -0.618. The molecule has 0 aliphatic carbocycles. The van der Waals surface area contributed by atoms with Gasteiger partial charge in [0, 0.05) is 12.4 Å². The van der Waals surface area contributed by atoms with E-state index in [9.17, 15) is 9.59 Å². The summed E-state index contributed by atoms with van der Waals surface area (Å²) in [6.07, 6.45) is 4.03. The highest BCUT2D eigenvalue weighted by Gasteiger charge is 2.00. The Balaban J connectivity index is 2.94. The van der Waals surface area contributed by atoms with E-state index in [0.717, 1.165) is 6.08 Å². The molecule has 0 bridgehead atoms. The molecule has 0 fully saturated rings. The van der Waals surface area contributed by atoms with Gasteiger partial charge in [0.15, 0.2) is 0 Å². The van der Waals surface area contributed by atoms with Crippen molar-refractivity contribution in [3.8, 4) is 0 Å². The van der Waals surface area contributed by atoms with Crippen molar-refractivity contribution in [2.24, 2.45) is 4.99 Å². The molecule has 54 valence electrons. The average molecular weight is 152 g/mol. The number of rotatable bonds is 1. The highest BCUT2D eigenvalue weighted by atomic mass is 16.3. The molecule has 0 saturated carbocycles. The molecular formula is C7H4N2O2. The topological polar surface area (TPSA) is 59.4 Å². The summed E-state index contributed by atoms with van der Waals surface area (Å²) in [5.41, 5.74) is 0.288. The molecule has 0 atom stereocenters. The Morgan fingerprint density at radius 1 is 1.73 bits per heavy atom. The molecule has 11 heavy (non-hydrogen) atoms. The maximum atomic E-state index is 10.8. The second-order valence-electron chi connectivity index (χ2n) is 1.75. The highest BCUT2D eigenvalue weighted by Crippen LogP contribution is 1.96. The molecule has 1 heterocycles. The third-order valence-electron chi connectivity index (χ3n) is 1.06. The van der Waals surface area contributed by atoms with Crippen LogP contribution in [-0.2, 0) is 4.79 Å². The third kappa shape index (κ3) is 1.81. The Morgan fingerprint density at radius 2 is 2.55 bits per heavy atom. The molecule has 0 spiro atoms. The first-order valence-electron chi connectivity index (χ1n) is 2.87. The zero-order valence-electron chi connectivity index (χ0n) is 5.52. The minimum absolute atomic E-state index is 0.288. The lowest BCUT2D eigenvalue weighted by Crippen LogP contribution is -1.93. The standard InChI is InChI=1S/C7H4N2O2/c10-5-9-7(11)6-2-1-3-8-4-6/h1-4H/i4+2,5+2. The van der Waals surface area contributed by atoms with Crippen LogP contribution < -0.4 is 0 Å². The highest BCUT2D eigenvalue weighted by molar-refractivity contribution is 5.97. The van der Waals surface area contributed by atoms with Gasteiger partial charge in [-0.1, -0.05) is 0 Å². The van der Waals surface area contributed by atoms with E-state index in [1.165, 1.54) is 18.5 Å². The number of aliphatic imine (C=N–C) groups is 1. The molecule has 1 aromatic rings. The summed E-state index contributed by atoms with van der Waals surface area (Å²) in [6.45, 7) is 0. The zero-order valence-corrected chi connectivity index (χ0v) is 5.52. The van der Waals surface area contributed by atoms with Crippen LogP contribution in [0.2, 0.25) is 0 Å². The molecule has 0 unspecified atom stereocenters. The van der Waals surface area contributed by atoms with E-state index in [2.05, 4.69) is 9.98 Å². The number of amides is 1. The smallest absolute Gasteiger partial charge is 0.266 e. The summed E-state index contributed by atoms with van der Waals surface area (Å²) in [4.78, 5) is 27.0. The van der Waals surface area contributed by atoms with Gasteiger partial charge in [-0.05, 0) is 12.1 Å². The van der Waals surface area contributed by atoms with Crippen molar-refractivity contribution in [2.45, 2.75) is 0 Å². The Bertz CT molecular complexity index is 301. The molecule has 0 aromatic carbocycles. The zero-order chi connectivity index (χ0) is 8.10. The van der Waals surface area contributed by atoms with Crippen molar-refractivity contribution in [3.05, 3.63) is 30.1 Å². The molecule has 0 N–H and O–H groups in total. The van der Waals surface area contributed by atoms with Crippen molar-refractivity contribution in [3.63, 3.8) is 0 Å². The van der Waals surface area contributed by atoms with Crippen LogP contribution in [0.25, 0.3) is 0 Å². The van der Waals surface area contributed by atoms with E-state index >= 15 is 0 Å². The number of carbonyl (C=O) groups is 1. The van der Waals surface area contributed by atoms with Crippen molar-refractivity contribution in [1.29, 1.82) is 0 Å². The van der Waals surface area contributed by atoms with Crippen LogP contribution in [0.1, 0.15) is 10.4 Å². The fourth-order valence-corrected chi connectivity index (χ4v) is 0.595. The monoisotopic (exact) mass is 152 g/mol. The summed E-state index contributed by atoms with van der Waals surface area (Å²) >= 11 is 0. The van der Waals surface area contributed by atoms with Crippen LogP contribution in [0.15, 0.2) is 29.5 Å². The Labute approximate surface area is 62.6 Å². The lowest BCUT2D eigenvalue weighted by Gasteiger charge is -1.88. The van der Waals surface area contributed by atoms with Gasteiger partial charge in [0.05, 0.1) is 5.56 Å². The fraction of sp³-hybridized carbons (Fsp3) is 0. The SMILES string of the molecule is O=[14C]=NC(=O)c1cccn[14cH]1. The maximum absolute atomic E-state index is 10.8. The van der Waals surface area contributed by atoms with Gasteiger partial charge in [-0.15, -0.1) is 4.99 Å². The molecule has 0 saturated heterocycles. The molecule has 0 radical (unpaired) electrons. The molecule has 1 aromatic heterocycles. The summed E-state index contributed by atoms with van der Waals surface area (Å²) < 4.78 is 0. The largest absolute Gasteiger partial charge is 0.289 e. The van der Waals surface area contributed by atoms with Crippen LogP contribution in [0.4, 0.5) is 0 Å². The molecular weight excluding hydrogens is 148 g/mol. The van der Waals surface area contributed by atoms with E-state index in [1.54, 1.807) is 6.07 Å². The Morgan fingerprint density at radius 3 is 3.09 bits per heavy atom. The molecule has 0 aliphatic heterocycles. The maximum Gasteiger partial charge on any atom is 0.289 e. The number of hydrogen-bond acceptors (Lipinski definition) is 3. The van der Waals surface area contributed by atoms with Crippen LogP contribution in [0.5, 0.6) is 0 Å². The lowest BCUT2D eigenvalue weighted by molar-refractivity contribution is 0.100. The van der Waals surface area contributed by atoms with E-state index in [-0.39, 0.29) is 5.56 Å². The molecule has 1 rings (SSSR count). The van der Waals surface area contributed by atoms with Crippen LogP contribution in [0, 0.1) is 0 Å². The first kappa shape index (κ1) is 7.31. The minimum Gasteiger partial charge on any atom is -0.266 e. The second-order valence-corrected chi connectivity index (χ2v) is 1.75. The van der Waals surface area contributed by atoms with Gasteiger partial charge in [-0.25, -0.2) is 4.79 Å². The van der Waals surface area contributed by atoms with Crippen molar-refractivity contribution in [1.82, 2.24) is 4.98 Å². The summed E-state index contributed by atoms with van der Waals surface area (Å²) in [6, 6.07) is 3.11. The number of aromatic nitrogens is 1. The number of hydrogen-bond donors (Lipinski definition) is 0. The van der Waals surface area contributed by atoms with Gasteiger partial charge in [-0.3, -0.25) is 9.78 Å². The summed E-state index contributed by atoms with van der Waals surface area (Å²) in [7, 11) is 0. The van der Waals surface area contributed by atoms with Crippen molar-refractivity contribution in [2.75, 3.05) is 0 Å². The van der Waals surface area contributed by atoms with E-state index in [0.29, 0.717) is 0 Å². The van der Waals surface area contributed by atoms with E-state index in [1.807, 2.05) is 0 Å². The van der Waals surface area contributed by atoms with Crippen molar-refractivity contribution < 1.29 is 9.59 Å². The predicted octanol–water partition coefficient (Wildman–Crippen LogP) is 0.558.